The third kappa shape index (κ3) is 1.61. The average Bonchev–Trinajstić information content (AvgIpc) is 2.08. The van der Waals surface area contributed by atoms with Crippen LogP contribution in [0.4, 0.5) is 10.1 Å². The second kappa shape index (κ2) is 3.53. The number of halogens is 1. The Morgan fingerprint density at radius 2 is 2.07 bits per heavy atom. The Hall–Kier alpha value is -1.78. The molecule has 0 amide bonds. The molecule has 0 radical (unpaired) electrons. The molecule has 14 heavy (non-hydrogen) atoms. The number of hydrogen-bond donors (Lipinski definition) is 0. The van der Waals surface area contributed by atoms with Crippen LogP contribution in [0.3, 0.4) is 0 Å². The molecule has 74 valence electrons. The van der Waals surface area contributed by atoms with Crippen molar-refractivity contribution in [1.82, 2.24) is 0 Å². The van der Waals surface area contributed by atoms with E-state index in [0.717, 1.165) is 13.0 Å². The lowest BCUT2D eigenvalue weighted by Crippen LogP contribution is -2.04. The van der Waals surface area contributed by atoms with Gasteiger partial charge in [-0.1, -0.05) is 0 Å². The standard InChI is InChI=1S/C9H8FNO3/c1-5-3-4-7(11(13)14)8(6(2)12)9(5)10/h3-4H,1-2H3. The normalized spacial score (nSPS) is 9.93. The Labute approximate surface area is 79.5 Å². The Bertz CT molecular complexity index is 415. The largest absolute Gasteiger partial charge is 0.294 e. The van der Waals surface area contributed by atoms with Gasteiger partial charge in [-0.05, 0) is 25.5 Å². The van der Waals surface area contributed by atoms with Crippen LogP contribution in [0.2, 0.25) is 0 Å². The van der Waals surface area contributed by atoms with E-state index >= 15 is 0 Å². The summed E-state index contributed by atoms with van der Waals surface area (Å²) in [5.74, 6) is -1.45. The Kier molecular flexibility index (Phi) is 2.60. The molecule has 0 bridgehead atoms. The van der Waals surface area contributed by atoms with Crippen molar-refractivity contribution in [3.63, 3.8) is 0 Å². The highest BCUT2D eigenvalue weighted by molar-refractivity contribution is 5.98. The zero-order chi connectivity index (χ0) is 10.9. The molecular weight excluding hydrogens is 189 g/mol. The third-order valence-electron chi connectivity index (χ3n) is 1.86. The summed E-state index contributed by atoms with van der Waals surface area (Å²) >= 11 is 0. The molecule has 1 aromatic rings. The predicted molar refractivity (Wildman–Crippen MR) is 47.8 cm³/mol. The lowest BCUT2D eigenvalue weighted by molar-refractivity contribution is -0.385. The van der Waals surface area contributed by atoms with E-state index in [0.29, 0.717) is 0 Å². The van der Waals surface area contributed by atoms with E-state index in [1.807, 2.05) is 0 Å². The van der Waals surface area contributed by atoms with Crippen LogP contribution in [0.15, 0.2) is 12.1 Å². The fourth-order valence-corrected chi connectivity index (χ4v) is 1.16. The molecule has 0 saturated heterocycles. The number of nitro groups is 1. The smallest absolute Gasteiger partial charge is 0.283 e. The number of hydrogen-bond acceptors (Lipinski definition) is 3. The van der Waals surface area contributed by atoms with Crippen LogP contribution in [-0.2, 0) is 0 Å². The SMILES string of the molecule is CC(=O)c1c([N+](=O)[O-])ccc(C)c1F. The fraction of sp³-hybridized carbons (Fsp3) is 0.222. The topological polar surface area (TPSA) is 60.2 Å². The molecule has 0 aliphatic carbocycles. The van der Waals surface area contributed by atoms with Crippen molar-refractivity contribution < 1.29 is 14.1 Å². The van der Waals surface area contributed by atoms with E-state index in [4.69, 9.17) is 0 Å². The number of benzene rings is 1. The summed E-state index contributed by atoms with van der Waals surface area (Å²) in [5.41, 5.74) is -0.712. The number of nitrogens with zero attached hydrogens (tertiary/aromatic N) is 1. The molecule has 0 saturated carbocycles. The number of nitro benzene ring substituents is 1. The van der Waals surface area contributed by atoms with Gasteiger partial charge >= 0.3 is 0 Å². The first-order valence-electron chi connectivity index (χ1n) is 3.89. The van der Waals surface area contributed by atoms with Crippen LogP contribution < -0.4 is 0 Å². The predicted octanol–water partition coefficient (Wildman–Crippen LogP) is 2.24. The summed E-state index contributed by atoms with van der Waals surface area (Å²) in [6.07, 6.45) is 0. The molecule has 5 heteroatoms. The highest BCUT2D eigenvalue weighted by Gasteiger charge is 2.22. The van der Waals surface area contributed by atoms with E-state index in [1.54, 1.807) is 0 Å². The summed E-state index contributed by atoms with van der Waals surface area (Å²) in [6, 6.07) is 2.41. The highest BCUT2D eigenvalue weighted by atomic mass is 19.1. The first-order chi connectivity index (χ1) is 6.45. The van der Waals surface area contributed by atoms with Gasteiger partial charge < -0.3 is 0 Å². The van der Waals surface area contributed by atoms with E-state index in [1.165, 1.54) is 13.0 Å². The van der Waals surface area contributed by atoms with Gasteiger partial charge in [0.1, 0.15) is 11.4 Å². The molecule has 4 nitrogen and oxygen atoms in total. The minimum absolute atomic E-state index is 0.223. The van der Waals surface area contributed by atoms with Gasteiger partial charge in [-0.25, -0.2) is 4.39 Å². The van der Waals surface area contributed by atoms with Crippen LogP contribution >= 0.6 is 0 Å². The Morgan fingerprint density at radius 3 is 2.50 bits per heavy atom. The monoisotopic (exact) mass is 197 g/mol. The Balaban J connectivity index is 3.53. The molecule has 0 heterocycles. The molecule has 1 aromatic carbocycles. The van der Waals surface area contributed by atoms with Crippen LogP contribution in [-0.4, -0.2) is 10.7 Å². The minimum atomic E-state index is -0.813. The molecule has 0 atom stereocenters. The maximum atomic E-state index is 13.3. The Morgan fingerprint density at radius 1 is 1.50 bits per heavy atom. The zero-order valence-corrected chi connectivity index (χ0v) is 7.70. The summed E-state index contributed by atoms with van der Waals surface area (Å²) in [7, 11) is 0. The minimum Gasteiger partial charge on any atom is -0.294 e. The van der Waals surface area contributed by atoms with Crippen LogP contribution in [0.25, 0.3) is 0 Å². The van der Waals surface area contributed by atoms with Crippen molar-refractivity contribution in [2.75, 3.05) is 0 Å². The molecule has 0 aliphatic rings. The molecule has 0 spiro atoms. The van der Waals surface area contributed by atoms with E-state index < -0.39 is 27.8 Å². The average molecular weight is 197 g/mol. The van der Waals surface area contributed by atoms with Crippen molar-refractivity contribution in [2.45, 2.75) is 13.8 Å². The summed E-state index contributed by atoms with van der Waals surface area (Å²) in [6.45, 7) is 2.55. The summed E-state index contributed by atoms with van der Waals surface area (Å²) < 4.78 is 13.3. The molecule has 1 rings (SSSR count). The second-order valence-corrected chi connectivity index (χ2v) is 2.90. The van der Waals surface area contributed by atoms with Gasteiger partial charge in [0.25, 0.3) is 5.69 Å². The van der Waals surface area contributed by atoms with Crippen molar-refractivity contribution in [3.8, 4) is 0 Å². The number of carbonyl (C=O) groups is 1. The maximum Gasteiger partial charge on any atom is 0.283 e. The van der Waals surface area contributed by atoms with Crippen molar-refractivity contribution in [2.24, 2.45) is 0 Å². The third-order valence-corrected chi connectivity index (χ3v) is 1.86. The number of aryl methyl sites for hydroxylation is 1. The molecule has 0 N–H and O–H groups in total. The van der Waals surface area contributed by atoms with Gasteiger partial charge in [0.2, 0.25) is 0 Å². The lowest BCUT2D eigenvalue weighted by Gasteiger charge is -2.02. The molecule has 0 aliphatic heterocycles. The van der Waals surface area contributed by atoms with E-state index in [9.17, 15) is 19.3 Å². The van der Waals surface area contributed by atoms with Crippen molar-refractivity contribution >= 4 is 11.5 Å². The van der Waals surface area contributed by atoms with Crippen LogP contribution in [0, 0.1) is 22.9 Å². The number of Topliss-reactive ketones (excluding diaryl/α,β-unsaturated/α-hetero) is 1. The van der Waals surface area contributed by atoms with Gasteiger partial charge in [-0.15, -0.1) is 0 Å². The number of rotatable bonds is 2. The second-order valence-electron chi connectivity index (χ2n) is 2.90. The first kappa shape index (κ1) is 10.3. The van der Waals surface area contributed by atoms with E-state index in [-0.39, 0.29) is 5.56 Å². The van der Waals surface area contributed by atoms with Crippen LogP contribution in [0.1, 0.15) is 22.8 Å². The van der Waals surface area contributed by atoms with Gasteiger partial charge in [-0.2, -0.15) is 0 Å². The summed E-state index contributed by atoms with van der Waals surface area (Å²) in [5, 5.41) is 10.5. The fourth-order valence-electron chi connectivity index (χ4n) is 1.16. The maximum absolute atomic E-state index is 13.3. The van der Waals surface area contributed by atoms with Gasteiger partial charge in [-0.3, -0.25) is 14.9 Å². The number of carbonyl (C=O) groups excluding carboxylic acids is 1. The summed E-state index contributed by atoms with van der Waals surface area (Å²) in [4.78, 5) is 20.7. The van der Waals surface area contributed by atoms with Gasteiger partial charge in [0, 0.05) is 6.07 Å². The zero-order valence-electron chi connectivity index (χ0n) is 7.70. The van der Waals surface area contributed by atoms with Crippen molar-refractivity contribution in [1.29, 1.82) is 0 Å². The lowest BCUT2D eigenvalue weighted by atomic mass is 10.1. The first-order valence-corrected chi connectivity index (χ1v) is 3.89. The van der Waals surface area contributed by atoms with Gasteiger partial charge in [0.15, 0.2) is 5.78 Å². The quantitative estimate of drug-likeness (QED) is 0.415. The molecule has 0 unspecified atom stereocenters. The molecule has 0 aromatic heterocycles. The number of ketones is 1. The van der Waals surface area contributed by atoms with Gasteiger partial charge in [0.05, 0.1) is 4.92 Å². The highest BCUT2D eigenvalue weighted by Crippen LogP contribution is 2.24. The van der Waals surface area contributed by atoms with E-state index in [2.05, 4.69) is 0 Å². The molecule has 0 fully saturated rings. The van der Waals surface area contributed by atoms with Crippen LogP contribution in [0.5, 0.6) is 0 Å². The molecular formula is C9H8FNO3. The van der Waals surface area contributed by atoms with Crippen molar-refractivity contribution in [3.05, 3.63) is 39.2 Å².